The maximum atomic E-state index is 12.5. The second kappa shape index (κ2) is 6.92. The van der Waals surface area contributed by atoms with Crippen LogP contribution >= 0.6 is 0 Å². The quantitative estimate of drug-likeness (QED) is 0.576. The predicted molar refractivity (Wildman–Crippen MR) is 104 cm³/mol. The van der Waals surface area contributed by atoms with Crippen molar-refractivity contribution in [3.05, 3.63) is 82.3 Å². The van der Waals surface area contributed by atoms with Gasteiger partial charge in [-0.05, 0) is 24.1 Å². The Labute approximate surface area is 154 Å². The molecular weight excluding hydrogens is 342 g/mol. The van der Waals surface area contributed by atoms with Crippen LogP contribution in [0.3, 0.4) is 0 Å². The zero-order chi connectivity index (χ0) is 18.8. The molecule has 0 saturated heterocycles. The molecule has 0 atom stereocenters. The van der Waals surface area contributed by atoms with Crippen molar-refractivity contribution in [3.63, 3.8) is 0 Å². The summed E-state index contributed by atoms with van der Waals surface area (Å²) >= 11 is 0. The van der Waals surface area contributed by atoms with Gasteiger partial charge in [0.25, 0.3) is 5.91 Å². The number of aromatic amines is 1. The van der Waals surface area contributed by atoms with Crippen LogP contribution in [0, 0.1) is 0 Å². The number of amides is 1. The minimum Gasteiger partial charge on any atom is -0.355 e. The van der Waals surface area contributed by atoms with E-state index in [-0.39, 0.29) is 17.2 Å². The average Bonchev–Trinajstić information content (AvgIpc) is 3.18. The fraction of sp³-hybridized carbons (Fsp3) is 0.0952. The van der Waals surface area contributed by atoms with Gasteiger partial charge >= 0.3 is 0 Å². The number of benzene rings is 2. The first-order valence-corrected chi connectivity index (χ1v) is 8.63. The minimum absolute atomic E-state index is 0.160. The number of rotatable bonds is 4. The molecular formula is C21H17N3O3. The van der Waals surface area contributed by atoms with Crippen LogP contribution in [0.4, 0.5) is 5.69 Å². The third kappa shape index (κ3) is 3.37. The van der Waals surface area contributed by atoms with Crippen LogP contribution in [0.5, 0.6) is 0 Å². The largest absolute Gasteiger partial charge is 0.355 e. The highest BCUT2D eigenvalue weighted by Gasteiger charge is 2.14. The molecule has 4 aromatic rings. The molecule has 1 amide bonds. The third-order valence-electron chi connectivity index (χ3n) is 4.37. The second-order valence-electron chi connectivity index (χ2n) is 6.17. The van der Waals surface area contributed by atoms with Gasteiger partial charge < -0.3 is 14.8 Å². The van der Waals surface area contributed by atoms with E-state index in [0.29, 0.717) is 17.0 Å². The molecule has 0 spiro atoms. The van der Waals surface area contributed by atoms with Crippen LogP contribution in [0.1, 0.15) is 23.0 Å². The van der Waals surface area contributed by atoms with E-state index in [1.54, 1.807) is 24.3 Å². The fourth-order valence-corrected chi connectivity index (χ4v) is 3.02. The van der Waals surface area contributed by atoms with Crippen molar-refractivity contribution in [1.29, 1.82) is 0 Å². The van der Waals surface area contributed by atoms with Crippen LogP contribution in [-0.2, 0) is 6.42 Å². The molecule has 0 aliphatic rings. The van der Waals surface area contributed by atoms with E-state index in [9.17, 15) is 9.59 Å². The Morgan fingerprint density at radius 3 is 2.70 bits per heavy atom. The molecule has 27 heavy (non-hydrogen) atoms. The maximum Gasteiger partial charge on any atom is 0.277 e. The lowest BCUT2D eigenvalue weighted by Gasteiger charge is -2.07. The summed E-state index contributed by atoms with van der Waals surface area (Å²) in [5.74, 6) is 0.144. The lowest BCUT2D eigenvalue weighted by atomic mass is 10.1. The predicted octanol–water partition coefficient (Wildman–Crippen LogP) is 4.00. The number of H-pyrrole nitrogens is 1. The van der Waals surface area contributed by atoms with Gasteiger partial charge in [0, 0.05) is 28.8 Å². The number of fused-ring (bicyclic) bond motifs is 1. The summed E-state index contributed by atoms with van der Waals surface area (Å²) in [6.45, 7) is 2.00. The first-order chi connectivity index (χ1) is 13.1. The van der Waals surface area contributed by atoms with Gasteiger partial charge in [0.1, 0.15) is 0 Å². The number of hydrogen-bond donors (Lipinski definition) is 2. The lowest BCUT2D eigenvalue weighted by molar-refractivity contribution is 0.101. The summed E-state index contributed by atoms with van der Waals surface area (Å²) in [6.07, 6.45) is 0.757. The van der Waals surface area contributed by atoms with Gasteiger partial charge in [-0.2, -0.15) is 0 Å². The molecule has 6 heteroatoms. The zero-order valence-electron chi connectivity index (χ0n) is 14.7. The molecule has 0 unspecified atom stereocenters. The molecule has 0 fully saturated rings. The Morgan fingerprint density at radius 2 is 1.93 bits per heavy atom. The second-order valence-corrected chi connectivity index (χ2v) is 6.17. The molecule has 0 bridgehead atoms. The Morgan fingerprint density at radius 1 is 1.11 bits per heavy atom. The molecule has 2 heterocycles. The number of anilines is 1. The number of pyridine rings is 1. The summed E-state index contributed by atoms with van der Waals surface area (Å²) in [5, 5.41) is 7.60. The smallest absolute Gasteiger partial charge is 0.277 e. The van der Waals surface area contributed by atoms with E-state index < -0.39 is 0 Å². The number of aromatic nitrogens is 2. The summed E-state index contributed by atoms with van der Waals surface area (Å²) in [4.78, 5) is 27.1. The van der Waals surface area contributed by atoms with Crippen molar-refractivity contribution in [2.45, 2.75) is 13.3 Å². The Hall–Kier alpha value is -3.67. The molecule has 4 rings (SSSR count). The molecule has 0 aliphatic heterocycles. The fourth-order valence-electron chi connectivity index (χ4n) is 3.02. The van der Waals surface area contributed by atoms with E-state index in [1.807, 2.05) is 43.3 Å². The molecule has 6 nitrogen and oxygen atoms in total. The van der Waals surface area contributed by atoms with Gasteiger partial charge in [0.2, 0.25) is 5.56 Å². The van der Waals surface area contributed by atoms with Crippen LogP contribution in [0.2, 0.25) is 0 Å². The monoisotopic (exact) mass is 359 g/mol. The molecule has 0 saturated carbocycles. The maximum absolute atomic E-state index is 12.5. The van der Waals surface area contributed by atoms with Gasteiger partial charge in [0.15, 0.2) is 11.5 Å². The molecule has 2 aromatic heterocycles. The molecule has 134 valence electrons. The van der Waals surface area contributed by atoms with E-state index in [4.69, 9.17) is 4.52 Å². The number of aryl methyl sites for hydroxylation is 1. The first-order valence-electron chi connectivity index (χ1n) is 8.63. The molecule has 0 aliphatic carbocycles. The van der Waals surface area contributed by atoms with Crippen molar-refractivity contribution < 1.29 is 9.32 Å². The minimum atomic E-state index is -0.380. The third-order valence-corrected chi connectivity index (χ3v) is 4.37. The Bertz CT molecular complexity index is 1180. The molecule has 0 radical (unpaired) electrons. The van der Waals surface area contributed by atoms with E-state index in [2.05, 4.69) is 15.5 Å². The molecule has 2 N–H and O–H groups in total. The van der Waals surface area contributed by atoms with Crippen LogP contribution < -0.4 is 10.9 Å². The van der Waals surface area contributed by atoms with E-state index in [0.717, 1.165) is 22.9 Å². The Balaban J connectivity index is 1.60. The number of nitrogens with zero attached hydrogens (tertiary/aromatic N) is 1. The first kappa shape index (κ1) is 16.8. The van der Waals surface area contributed by atoms with Crippen molar-refractivity contribution in [1.82, 2.24) is 10.1 Å². The number of carbonyl (C=O) groups is 1. The topological polar surface area (TPSA) is 88.0 Å². The summed E-state index contributed by atoms with van der Waals surface area (Å²) in [7, 11) is 0. The highest BCUT2D eigenvalue weighted by Crippen LogP contribution is 2.22. The van der Waals surface area contributed by atoms with E-state index in [1.165, 1.54) is 0 Å². The van der Waals surface area contributed by atoms with Crippen LogP contribution in [0.25, 0.3) is 22.2 Å². The number of nitrogens with one attached hydrogen (secondary N) is 2. The standard InChI is InChI=1S/C21H17N3O3/c1-2-13-10-20(25)23-17-11-15(8-9-16(13)17)22-21(26)18-12-19(27-24-18)14-6-4-3-5-7-14/h3-12H,2H2,1H3,(H,22,26)(H,23,25). The highest BCUT2D eigenvalue weighted by molar-refractivity contribution is 6.04. The normalized spacial score (nSPS) is 10.9. The zero-order valence-corrected chi connectivity index (χ0v) is 14.7. The Kier molecular flexibility index (Phi) is 4.30. The summed E-state index contributed by atoms with van der Waals surface area (Å²) < 4.78 is 5.27. The number of hydrogen-bond acceptors (Lipinski definition) is 4. The van der Waals surface area contributed by atoms with Gasteiger partial charge in [-0.25, -0.2) is 0 Å². The van der Waals surface area contributed by atoms with Gasteiger partial charge in [-0.1, -0.05) is 48.5 Å². The van der Waals surface area contributed by atoms with Crippen molar-refractivity contribution >= 4 is 22.5 Å². The summed E-state index contributed by atoms with van der Waals surface area (Å²) in [6, 6.07) is 18.1. The van der Waals surface area contributed by atoms with Crippen LogP contribution in [0.15, 0.2) is 70.0 Å². The van der Waals surface area contributed by atoms with E-state index >= 15 is 0 Å². The van der Waals surface area contributed by atoms with Crippen molar-refractivity contribution in [2.24, 2.45) is 0 Å². The van der Waals surface area contributed by atoms with Crippen LogP contribution in [-0.4, -0.2) is 16.0 Å². The lowest BCUT2D eigenvalue weighted by Crippen LogP contribution is -2.12. The average molecular weight is 359 g/mol. The summed E-state index contributed by atoms with van der Waals surface area (Å²) in [5.41, 5.74) is 3.09. The van der Waals surface area contributed by atoms with Gasteiger partial charge in [0.05, 0.1) is 5.52 Å². The highest BCUT2D eigenvalue weighted by atomic mass is 16.5. The SMILES string of the molecule is CCc1cc(=O)[nH]c2cc(NC(=O)c3cc(-c4ccccc4)on3)ccc12. The molecule has 2 aromatic carbocycles. The van der Waals surface area contributed by atoms with Gasteiger partial charge in [-0.3, -0.25) is 9.59 Å². The van der Waals surface area contributed by atoms with Crippen molar-refractivity contribution in [2.75, 3.05) is 5.32 Å². The van der Waals surface area contributed by atoms with Crippen molar-refractivity contribution in [3.8, 4) is 11.3 Å². The van der Waals surface area contributed by atoms with Gasteiger partial charge in [-0.15, -0.1) is 0 Å². The number of carbonyl (C=O) groups excluding carboxylic acids is 1.